The summed E-state index contributed by atoms with van der Waals surface area (Å²) in [5.41, 5.74) is 0.975. The van der Waals surface area contributed by atoms with Crippen molar-refractivity contribution in [2.24, 2.45) is 0 Å². The van der Waals surface area contributed by atoms with Crippen molar-refractivity contribution in [3.05, 3.63) is 78.0 Å². The van der Waals surface area contributed by atoms with Crippen LogP contribution in [0.1, 0.15) is 10.4 Å². The predicted octanol–water partition coefficient (Wildman–Crippen LogP) is 3.99. The van der Waals surface area contributed by atoms with Crippen molar-refractivity contribution in [2.45, 2.75) is 0 Å². The van der Waals surface area contributed by atoms with E-state index in [1.54, 1.807) is 24.4 Å². The molecule has 0 spiro atoms. The lowest BCUT2D eigenvalue weighted by Crippen LogP contribution is -1.99. The minimum absolute atomic E-state index is 0.0449. The summed E-state index contributed by atoms with van der Waals surface area (Å²) in [6, 6.07) is 14.9. The fourth-order valence-electron chi connectivity index (χ4n) is 2.14. The smallest absolute Gasteiger partial charge is 0.319 e. The third-order valence-electron chi connectivity index (χ3n) is 3.18. The molecule has 0 saturated heterocycles. The quantitative estimate of drug-likeness (QED) is 0.744. The van der Waals surface area contributed by atoms with Gasteiger partial charge in [0.15, 0.2) is 0 Å². The van der Waals surface area contributed by atoms with Gasteiger partial charge in [-0.25, -0.2) is 4.79 Å². The molecule has 3 aromatic rings. The molecule has 1 N–H and O–H groups in total. The highest BCUT2D eigenvalue weighted by molar-refractivity contribution is 5.91. The number of rotatable bonds is 3. The minimum Gasteiger partial charge on any atom is -0.479 e. The molecule has 3 rings (SSSR count). The monoisotopic (exact) mass is 309 g/mol. The fourth-order valence-corrected chi connectivity index (χ4v) is 2.14. The first kappa shape index (κ1) is 14.8. The molecule has 0 aliphatic heterocycles. The van der Waals surface area contributed by atoms with Crippen LogP contribution in [0.3, 0.4) is 0 Å². The minimum atomic E-state index is -1.17. The lowest BCUT2D eigenvalue weighted by atomic mass is 9.97. The lowest BCUT2D eigenvalue weighted by molar-refractivity contribution is 0.0697. The van der Waals surface area contributed by atoms with Crippen molar-refractivity contribution in [1.82, 2.24) is 4.98 Å². The summed E-state index contributed by atoms with van der Waals surface area (Å²) in [7, 11) is 0. The van der Waals surface area contributed by atoms with E-state index in [2.05, 4.69) is 17.1 Å². The Morgan fingerprint density at radius 2 is 1.91 bits per heavy atom. The van der Waals surface area contributed by atoms with E-state index in [1.165, 1.54) is 12.1 Å². The van der Waals surface area contributed by atoms with E-state index in [4.69, 9.17) is 0 Å². The number of hydrogen-bond donors (Lipinski definition) is 1. The van der Waals surface area contributed by atoms with Gasteiger partial charge >= 0.3 is 5.97 Å². The average Bonchev–Trinajstić information content (AvgIpc) is 2.55. The van der Waals surface area contributed by atoms with E-state index in [1.807, 2.05) is 0 Å². The van der Waals surface area contributed by atoms with Crippen LogP contribution in [0.2, 0.25) is 0 Å². The summed E-state index contributed by atoms with van der Waals surface area (Å²) >= 11 is 0. The lowest BCUT2D eigenvalue weighted by Gasteiger charge is -2.21. The molecule has 0 radical (unpaired) electrons. The fraction of sp³-hybridized carbons (Fsp3) is 0. The van der Waals surface area contributed by atoms with Gasteiger partial charge in [-0.05, 0) is 11.6 Å². The molecule has 2 aromatic carbocycles. The Hall–Kier alpha value is -3.08. The molecule has 0 saturated carbocycles. The molecule has 0 fully saturated rings. The largest absolute Gasteiger partial charge is 0.479 e. The van der Waals surface area contributed by atoms with E-state index >= 15 is 0 Å². The second-order valence-electron chi connectivity index (χ2n) is 4.76. The van der Waals surface area contributed by atoms with Gasteiger partial charge in [-0.2, -0.15) is 29.3 Å². The Morgan fingerprint density at radius 3 is 2.57 bits per heavy atom. The van der Waals surface area contributed by atoms with Gasteiger partial charge in [-0.15, -0.1) is 17.7 Å². The van der Waals surface area contributed by atoms with E-state index in [0.29, 0.717) is 17.3 Å². The molecule has 0 amide bonds. The zero-order chi connectivity index (χ0) is 16.4. The number of carbonyl (C=O) groups is 1. The first-order valence-corrected chi connectivity index (χ1v) is 6.64. The standard InChI is InChI=1S/C18H9F2NO2/c19-14-4-5-15(16(20)10-14)11-7-12(9-13(8-11)18(22)23)17-3-1-2-6-21-17/h1-4,6,8-10H,(H,22,23)/q-2. The van der Waals surface area contributed by atoms with Crippen LogP contribution >= 0.6 is 0 Å². The van der Waals surface area contributed by atoms with E-state index in [-0.39, 0.29) is 16.7 Å². The van der Waals surface area contributed by atoms with Crippen LogP contribution in [0, 0.1) is 23.8 Å². The first-order chi connectivity index (χ1) is 11.0. The van der Waals surface area contributed by atoms with Crippen molar-refractivity contribution < 1.29 is 18.7 Å². The Kier molecular flexibility index (Phi) is 3.85. The van der Waals surface area contributed by atoms with Gasteiger partial charge < -0.3 is 5.11 Å². The molecule has 0 bridgehead atoms. The zero-order valence-electron chi connectivity index (χ0n) is 11.7. The number of carboxylic acids is 1. The molecular weight excluding hydrogens is 300 g/mol. The molecule has 0 unspecified atom stereocenters. The first-order valence-electron chi connectivity index (χ1n) is 6.64. The normalized spacial score (nSPS) is 10.5. The number of benzene rings is 2. The summed E-state index contributed by atoms with van der Waals surface area (Å²) in [5.74, 6) is -2.76. The Morgan fingerprint density at radius 1 is 1.13 bits per heavy atom. The number of aromatic carboxylic acids is 1. The summed E-state index contributed by atoms with van der Waals surface area (Å²) in [5, 5.41) is 9.24. The molecule has 0 aliphatic rings. The topological polar surface area (TPSA) is 50.2 Å². The number of halogens is 2. The third kappa shape index (κ3) is 3.08. The van der Waals surface area contributed by atoms with Crippen molar-refractivity contribution in [3.63, 3.8) is 0 Å². The van der Waals surface area contributed by atoms with Gasteiger partial charge in [0, 0.05) is 23.5 Å². The third-order valence-corrected chi connectivity index (χ3v) is 3.18. The average molecular weight is 309 g/mol. The summed E-state index contributed by atoms with van der Waals surface area (Å²) in [4.78, 5) is 15.4. The van der Waals surface area contributed by atoms with Gasteiger partial charge in [0.1, 0.15) is 0 Å². The molecule has 5 heteroatoms. The molecule has 0 aliphatic carbocycles. The van der Waals surface area contributed by atoms with Crippen molar-refractivity contribution >= 4 is 5.97 Å². The highest BCUT2D eigenvalue weighted by atomic mass is 19.1. The maximum atomic E-state index is 13.9. The van der Waals surface area contributed by atoms with Crippen molar-refractivity contribution in [1.29, 1.82) is 0 Å². The van der Waals surface area contributed by atoms with Crippen LogP contribution in [-0.2, 0) is 0 Å². The number of nitrogens with zero attached hydrogens (tertiary/aromatic N) is 1. The maximum Gasteiger partial charge on any atom is 0.319 e. The summed E-state index contributed by atoms with van der Waals surface area (Å²) < 4.78 is 27.0. The molecule has 1 aromatic heterocycles. The Bertz CT molecular complexity index is 879. The van der Waals surface area contributed by atoms with Crippen LogP contribution in [-0.4, -0.2) is 16.1 Å². The molecule has 3 nitrogen and oxygen atoms in total. The SMILES string of the molecule is O=C(O)c1cc(-c2ccccn2)[c-]c(-c2[c-]cc(F)cc2F)c1. The number of pyridine rings is 1. The molecule has 23 heavy (non-hydrogen) atoms. The Balaban J connectivity index is 2.21. The molecule has 114 valence electrons. The predicted molar refractivity (Wildman–Crippen MR) is 79.7 cm³/mol. The summed E-state index contributed by atoms with van der Waals surface area (Å²) in [6.07, 6.45) is 1.56. The van der Waals surface area contributed by atoms with Gasteiger partial charge in [0.2, 0.25) is 0 Å². The molecular formula is C18H9F2NO2-2. The van der Waals surface area contributed by atoms with Crippen LogP contribution in [0.5, 0.6) is 0 Å². The van der Waals surface area contributed by atoms with Gasteiger partial charge in [0.05, 0.1) is 0 Å². The molecule has 1 heterocycles. The van der Waals surface area contributed by atoms with Gasteiger partial charge in [-0.3, -0.25) is 13.8 Å². The highest BCUT2D eigenvalue weighted by Gasteiger charge is 2.03. The number of aromatic nitrogens is 1. The van der Waals surface area contributed by atoms with Crippen molar-refractivity contribution in [3.8, 4) is 22.4 Å². The second kappa shape index (κ2) is 5.96. The number of hydrogen-bond acceptors (Lipinski definition) is 2. The van der Waals surface area contributed by atoms with E-state index in [0.717, 1.165) is 6.07 Å². The zero-order valence-corrected chi connectivity index (χ0v) is 11.7. The number of carboxylic acid groups (broad SMARTS) is 1. The van der Waals surface area contributed by atoms with Crippen LogP contribution in [0.4, 0.5) is 8.78 Å². The molecule has 0 atom stereocenters. The van der Waals surface area contributed by atoms with Crippen LogP contribution < -0.4 is 0 Å². The van der Waals surface area contributed by atoms with Crippen LogP contribution in [0.25, 0.3) is 22.4 Å². The van der Waals surface area contributed by atoms with E-state index in [9.17, 15) is 18.7 Å². The van der Waals surface area contributed by atoms with E-state index < -0.39 is 17.6 Å². The van der Waals surface area contributed by atoms with Gasteiger partial charge in [-0.1, -0.05) is 18.2 Å². The van der Waals surface area contributed by atoms with Gasteiger partial charge in [0.25, 0.3) is 0 Å². The second-order valence-corrected chi connectivity index (χ2v) is 4.76. The van der Waals surface area contributed by atoms with Crippen LogP contribution in [0.15, 0.2) is 48.7 Å². The van der Waals surface area contributed by atoms with Crippen molar-refractivity contribution in [2.75, 3.05) is 0 Å². The highest BCUT2D eigenvalue weighted by Crippen LogP contribution is 2.28. The summed E-state index contributed by atoms with van der Waals surface area (Å²) in [6.45, 7) is 0. The Labute approximate surface area is 130 Å². The maximum absolute atomic E-state index is 13.9.